The molecular formula is C18H18ClN3O4. The molecule has 1 fully saturated rings. The van der Waals surface area contributed by atoms with Crippen molar-refractivity contribution in [3.05, 3.63) is 34.9 Å². The minimum absolute atomic E-state index is 0.00273. The number of rotatable bonds is 7. The molecular weight excluding hydrogens is 358 g/mol. The van der Waals surface area contributed by atoms with Gasteiger partial charge in [-0.25, -0.2) is 0 Å². The Morgan fingerprint density at radius 3 is 2.77 bits per heavy atom. The van der Waals surface area contributed by atoms with Gasteiger partial charge in [0.05, 0.1) is 12.0 Å². The fourth-order valence-electron chi connectivity index (χ4n) is 2.67. The molecule has 2 atom stereocenters. The van der Waals surface area contributed by atoms with Gasteiger partial charge in [0.1, 0.15) is 5.92 Å². The zero-order valence-electron chi connectivity index (χ0n) is 14.2. The average molecular weight is 376 g/mol. The van der Waals surface area contributed by atoms with E-state index in [0.29, 0.717) is 11.6 Å². The molecule has 8 heteroatoms. The van der Waals surface area contributed by atoms with Gasteiger partial charge in [-0.15, -0.1) is 0 Å². The third-order valence-corrected chi connectivity index (χ3v) is 4.48. The number of ether oxygens (including phenoxy) is 1. The fourth-order valence-corrected chi connectivity index (χ4v) is 2.86. The summed E-state index contributed by atoms with van der Waals surface area (Å²) in [6.07, 6.45) is 0.00273. The van der Waals surface area contributed by atoms with Crippen LogP contribution in [-0.2, 0) is 25.7 Å². The maximum absolute atomic E-state index is 12.1. The minimum Gasteiger partial charge on any atom is -0.457 e. The van der Waals surface area contributed by atoms with Gasteiger partial charge in [-0.2, -0.15) is 5.26 Å². The van der Waals surface area contributed by atoms with E-state index in [1.54, 1.807) is 18.2 Å². The molecule has 1 aromatic rings. The molecule has 1 heterocycles. The normalized spacial score (nSPS) is 17.5. The van der Waals surface area contributed by atoms with E-state index in [4.69, 9.17) is 27.0 Å². The number of hydrogen-bond donors (Lipinski definition) is 1. The summed E-state index contributed by atoms with van der Waals surface area (Å²) in [4.78, 5) is 37.6. The van der Waals surface area contributed by atoms with Crippen LogP contribution in [-0.4, -0.2) is 41.4 Å². The van der Waals surface area contributed by atoms with Gasteiger partial charge < -0.3 is 15.0 Å². The Balaban J connectivity index is 1.90. The first kappa shape index (κ1) is 19.6. The molecule has 0 spiro atoms. The highest BCUT2D eigenvalue weighted by molar-refractivity contribution is 6.31. The van der Waals surface area contributed by atoms with E-state index in [1.165, 1.54) is 11.8 Å². The van der Waals surface area contributed by atoms with Crippen molar-refractivity contribution in [3.63, 3.8) is 0 Å². The fraction of sp³-hybridized carbons (Fsp3) is 0.389. The number of nitrogens with zero attached hydrogens (tertiary/aromatic N) is 2. The topological polar surface area (TPSA) is 111 Å². The molecule has 2 rings (SSSR count). The van der Waals surface area contributed by atoms with Crippen LogP contribution in [0, 0.1) is 28.6 Å². The molecule has 0 radical (unpaired) electrons. The van der Waals surface area contributed by atoms with Gasteiger partial charge in [-0.05, 0) is 18.6 Å². The van der Waals surface area contributed by atoms with Gasteiger partial charge in [-0.3, -0.25) is 14.4 Å². The number of esters is 1. The minimum atomic E-state index is -1.22. The summed E-state index contributed by atoms with van der Waals surface area (Å²) >= 11 is 6.09. The second-order valence-corrected chi connectivity index (χ2v) is 6.49. The number of benzene rings is 1. The molecule has 1 amide bonds. The lowest BCUT2D eigenvalue weighted by Crippen LogP contribution is -2.29. The largest absolute Gasteiger partial charge is 0.457 e. The third-order valence-electron chi connectivity index (χ3n) is 4.11. The molecule has 0 aromatic heterocycles. The molecule has 1 aliphatic rings. The zero-order valence-corrected chi connectivity index (χ0v) is 15.0. The van der Waals surface area contributed by atoms with Crippen molar-refractivity contribution in [2.75, 3.05) is 13.2 Å². The Kier molecular flexibility index (Phi) is 6.47. The number of hydrogen-bond acceptors (Lipinski definition) is 6. The smallest absolute Gasteiger partial charge is 0.311 e. The molecule has 0 saturated carbocycles. The van der Waals surface area contributed by atoms with Gasteiger partial charge in [-0.1, -0.05) is 29.8 Å². The van der Waals surface area contributed by atoms with Crippen LogP contribution in [0.2, 0.25) is 5.02 Å². The lowest BCUT2D eigenvalue weighted by molar-refractivity contribution is -0.152. The molecule has 1 aromatic carbocycles. The van der Waals surface area contributed by atoms with Crippen LogP contribution >= 0.6 is 11.6 Å². The van der Waals surface area contributed by atoms with Crippen molar-refractivity contribution >= 4 is 35.0 Å². The van der Waals surface area contributed by atoms with Gasteiger partial charge in [0.2, 0.25) is 5.91 Å². The third kappa shape index (κ3) is 4.67. The summed E-state index contributed by atoms with van der Waals surface area (Å²) < 4.78 is 4.95. The molecule has 1 unspecified atom stereocenters. The first-order valence-corrected chi connectivity index (χ1v) is 8.36. The average Bonchev–Trinajstić information content (AvgIpc) is 2.96. The summed E-state index contributed by atoms with van der Waals surface area (Å²) in [5.74, 6) is -3.38. The first-order valence-electron chi connectivity index (χ1n) is 7.98. The summed E-state index contributed by atoms with van der Waals surface area (Å²) in [7, 11) is 0. The van der Waals surface area contributed by atoms with Gasteiger partial charge in [0.15, 0.2) is 12.4 Å². The van der Waals surface area contributed by atoms with E-state index in [0.717, 1.165) is 5.56 Å². The number of likely N-dealkylation sites (tertiary alicyclic amines) is 1. The van der Waals surface area contributed by atoms with Crippen LogP contribution in [0.5, 0.6) is 0 Å². The van der Waals surface area contributed by atoms with E-state index in [9.17, 15) is 14.4 Å². The molecule has 1 aliphatic heterocycles. The molecule has 1 N–H and O–H groups in total. The second kappa shape index (κ2) is 8.59. The van der Waals surface area contributed by atoms with E-state index in [-0.39, 0.29) is 24.6 Å². The predicted octanol–water partition coefficient (Wildman–Crippen LogP) is 1.98. The summed E-state index contributed by atoms with van der Waals surface area (Å²) in [5, 5.41) is 16.8. The lowest BCUT2D eigenvalue weighted by Gasteiger charge is -2.17. The maximum atomic E-state index is 12.1. The van der Waals surface area contributed by atoms with Crippen LogP contribution in [0.15, 0.2) is 24.3 Å². The Morgan fingerprint density at radius 2 is 2.15 bits per heavy atom. The van der Waals surface area contributed by atoms with Crippen molar-refractivity contribution in [1.29, 1.82) is 10.7 Å². The van der Waals surface area contributed by atoms with Crippen LogP contribution in [0.1, 0.15) is 18.9 Å². The first-order chi connectivity index (χ1) is 12.3. The molecule has 7 nitrogen and oxygen atoms in total. The quantitative estimate of drug-likeness (QED) is 0.578. The Bertz CT molecular complexity index is 787. The molecule has 26 heavy (non-hydrogen) atoms. The number of Topliss-reactive ketones (excluding diaryl/α,β-unsaturated/α-hetero) is 1. The molecule has 1 saturated heterocycles. The van der Waals surface area contributed by atoms with Crippen molar-refractivity contribution in [1.82, 2.24) is 4.90 Å². The maximum Gasteiger partial charge on any atom is 0.311 e. The number of carbonyl (C=O) groups is 3. The summed E-state index contributed by atoms with van der Waals surface area (Å²) in [6, 6.07) is 8.84. The second-order valence-electron chi connectivity index (χ2n) is 6.09. The highest BCUT2D eigenvalue weighted by atomic mass is 35.5. The SMILES string of the molecule is CC(=N)C(C#N)C(=O)COC(=O)[C@H]1CC(=O)N(Cc2ccccc2Cl)C1. The van der Waals surface area contributed by atoms with Crippen molar-refractivity contribution < 1.29 is 19.1 Å². The number of nitriles is 1. The van der Waals surface area contributed by atoms with Crippen LogP contribution in [0.4, 0.5) is 0 Å². The van der Waals surface area contributed by atoms with E-state index in [2.05, 4.69) is 0 Å². The number of halogens is 1. The number of carbonyl (C=O) groups excluding carboxylic acids is 3. The zero-order chi connectivity index (χ0) is 19.3. The highest BCUT2D eigenvalue weighted by Crippen LogP contribution is 2.24. The van der Waals surface area contributed by atoms with Gasteiger partial charge in [0.25, 0.3) is 0 Å². The number of ketones is 1. The van der Waals surface area contributed by atoms with E-state index in [1.807, 2.05) is 12.1 Å². The monoisotopic (exact) mass is 375 g/mol. The van der Waals surface area contributed by atoms with Gasteiger partial charge in [0, 0.05) is 30.2 Å². The van der Waals surface area contributed by atoms with Crippen LogP contribution in [0.3, 0.4) is 0 Å². The van der Waals surface area contributed by atoms with E-state index >= 15 is 0 Å². The summed E-state index contributed by atoms with van der Waals surface area (Å²) in [6.45, 7) is 1.24. The standard InChI is InChI=1S/C18H18ClN3O4/c1-11(21)14(7-20)16(23)10-26-18(25)13-6-17(24)22(9-13)8-12-4-2-3-5-15(12)19/h2-5,13-14,21H,6,8-10H2,1H3/t13-,14?/m0/s1. The van der Waals surface area contributed by atoms with Crippen molar-refractivity contribution in [2.45, 2.75) is 19.9 Å². The van der Waals surface area contributed by atoms with Crippen LogP contribution in [0.25, 0.3) is 0 Å². The van der Waals surface area contributed by atoms with E-state index < -0.39 is 30.2 Å². The van der Waals surface area contributed by atoms with Gasteiger partial charge >= 0.3 is 5.97 Å². The Labute approximate surface area is 156 Å². The number of amides is 1. The van der Waals surface area contributed by atoms with Crippen molar-refractivity contribution in [2.24, 2.45) is 11.8 Å². The summed E-state index contributed by atoms with van der Waals surface area (Å²) in [5.41, 5.74) is 0.681. The van der Waals surface area contributed by atoms with Crippen LogP contribution < -0.4 is 0 Å². The Hall–Kier alpha value is -2.72. The highest BCUT2D eigenvalue weighted by Gasteiger charge is 2.36. The molecule has 0 bridgehead atoms. The molecule has 136 valence electrons. The van der Waals surface area contributed by atoms with Crippen molar-refractivity contribution in [3.8, 4) is 6.07 Å². The Morgan fingerprint density at radius 1 is 1.46 bits per heavy atom. The molecule has 0 aliphatic carbocycles. The predicted molar refractivity (Wildman–Crippen MR) is 93.4 cm³/mol. The lowest BCUT2D eigenvalue weighted by atomic mass is 10.0. The number of nitrogens with one attached hydrogen (secondary N) is 1.